The van der Waals surface area contributed by atoms with Gasteiger partial charge in [0.15, 0.2) is 11.2 Å². The van der Waals surface area contributed by atoms with E-state index in [9.17, 15) is 15.3 Å². The van der Waals surface area contributed by atoms with E-state index in [1.165, 1.54) is 0 Å². The van der Waals surface area contributed by atoms with Crippen molar-refractivity contribution in [1.82, 2.24) is 0 Å². The smallest absolute Gasteiger partial charge is 0.185 e. The summed E-state index contributed by atoms with van der Waals surface area (Å²) in [6, 6.07) is 24.9. The number of anilines is 1. The molecular formula is C28H20ClN3O2. The van der Waals surface area contributed by atoms with E-state index in [4.69, 9.17) is 16.3 Å². The molecule has 2 aliphatic heterocycles. The molecule has 0 saturated carbocycles. The number of halogens is 1. The normalized spacial score (nSPS) is 21.6. The molecule has 0 N–H and O–H groups in total. The van der Waals surface area contributed by atoms with Gasteiger partial charge in [0.2, 0.25) is 0 Å². The number of nitrogens with zero attached hydrogens (tertiary/aromatic N) is 3. The third kappa shape index (κ3) is 3.10. The number of fused-ring (bicyclic) bond motifs is 3. The highest BCUT2D eigenvalue weighted by Gasteiger charge is 2.63. The highest BCUT2D eigenvalue weighted by atomic mass is 35.5. The van der Waals surface area contributed by atoms with Gasteiger partial charge < -0.3 is 9.64 Å². The summed E-state index contributed by atoms with van der Waals surface area (Å²) >= 11 is 6.07. The van der Waals surface area contributed by atoms with Crippen LogP contribution in [0.3, 0.4) is 0 Å². The topological polar surface area (TPSA) is 77.1 Å². The Morgan fingerprint density at radius 2 is 1.68 bits per heavy atom. The number of benzene rings is 3. The predicted molar refractivity (Wildman–Crippen MR) is 131 cm³/mol. The monoisotopic (exact) mass is 465 g/mol. The summed E-state index contributed by atoms with van der Waals surface area (Å²) in [6.07, 6.45) is 3.79. The van der Waals surface area contributed by atoms with Crippen molar-refractivity contribution in [3.05, 3.63) is 101 Å². The second kappa shape index (κ2) is 8.37. The molecule has 0 amide bonds. The second-order valence-corrected chi connectivity index (χ2v) is 8.83. The van der Waals surface area contributed by atoms with Crippen molar-refractivity contribution in [1.29, 1.82) is 10.5 Å². The zero-order chi connectivity index (χ0) is 23.9. The van der Waals surface area contributed by atoms with Gasteiger partial charge in [0.25, 0.3) is 0 Å². The van der Waals surface area contributed by atoms with Crippen LogP contribution < -0.4 is 9.64 Å². The number of ketones is 1. The summed E-state index contributed by atoms with van der Waals surface area (Å²) in [4.78, 5) is 16.1. The third-order valence-electron chi connectivity index (χ3n) is 6.79. The van der Waals surface area contributed by atoms with Gasteiger partial charge in [0.1, 0.15) is 11.8 Å². The van der Waals surface area contributed by atoms with Gasteiger partial charge in [0, 0.05) is 27.8 Å². The van der Waals surface area contributed by atoms with Crippen molar-refractivity contribution in [2.75, 3.05) is 12.0 Å². The Hall–Kier alpha value is -4.06. The van der Waals surface area contributed by atoms with Crippen LogP contribution in [0.2, 0.25) is 5.02 Å². The molecule has 3 atom stereocenters. The minimum atomic E-state index is -1.52. The first-order valence-corrected chi connectivity index (χ1v) is 11.2. The molecule has 5 nitrogen and oxygen atoms in total. The van der Waals surface area contributed by atoms with Crippen molar-refractivity contribution >= 4 is 29.1 Å². The Kier molecular flexibility index (Phi) is 5.36. The van der Waals surface area contributed by atoms with E-state index in [1.807, 2.05) is 59.5 Å². The molecule has 6 heteroatoms. The van der Waals surface area contributed by atoms with Crippen molar-refractivity contribution in [2.45, 2.75) is 18.0 Å². The Bertz CT molecular complexity index is 1370. The van der Waals surface area contributed by atoms with Gasteiger partial charge in [-0.25, -0.2) is 0 Å². The average Bonchev–Trinajstić information content (AvgIpc) is 3.19. The quantitative estimate of drug-likeness (QED) is 0.466. The fourth-order valence-corrected chi connectivity index (χ4v) is 5.41. The largest absolute Gasteiger partial charge is 0.496 e. The maximum absolute atomic E-state index is 14.2. The zero-order valence-electron chi connectivity index (χ0n) is 18.4. The highest BCUT2D eigenvalue weighted by Crippen LogP contribution is 2.56. The Labute approximate surface area is 203 Å². The number of rotatable bonds is 4. The summed E-state index contributed by atoms with van der Waals surface area (Å²) in [5.74, 6) is -0.411. The van der Waals surface area contributed by atoms with Crippen LogP contribution in [-0.4, -0.2) is 25.0 Å². The summed E-state index contributed by atoms with van der Waals surface area (Å²) in [7, 11) is 1.55. The van der Waals surface area contributed by atoms with Crippen molar-refractivity contribution < 1.29 is 9.53 Å². The third-order valence-corrected chi connectivity index (χ3v) is 7.04. The van der Waals surface area contributed by atoms with Crippen LogP contribution in [0.4, 0.5) is 5.69 Å². The van der Waals surface area contributed by atoms with Crippen LogP contribution in [0.5, 0.6) is 5.75 Å². The number of carbonyl (C=O) groups is 1. The molecule has 0 aromatic heterocycles. The molecule has 2 heterocycles. The van der Waals surface area contributed by atoms with Gasteiger partial charge in [-0.2, -0.15) is 10.5 Å². The van der Waals surface area contributed by atoms with E-state index in [1.54, 1.807) is 37.4 Å². The maximum Gasteiger partial charge on any atom is 0.185 e. The van der Waals surface area contributed by atoms with Crippen molar-refractivity contribution in [3.8, 4) is 17.9 Å². The van der Waals surface area contributed by atoms with Crippen LogP contribution in [0.1, 0.15) is 27.4 Å². The Balaban J connectivity index is 1.81. The molecule has 2 aliphatic rings. The average molecular weight is 466 g/mol. The van der Waals surface area contributed by atoms with E-state index in [-0.39, 0.29) is 5.78 Å². The summed E-state index contributed by atoms with van der Waals surface area (Å²) in [5, 5.41) is 21.5. The number of hydrogen-bond donors (Lipinski definition) is 0. The first-order chi connectivity index (χ1) is 16.6. The molecule has 1 saturated heterocycles. The lowest BCUT2D eigenvalue weighted by Gasteiger charge is -2.35. The highest BCUT2D eigenvalue weighted by molar-refractivity contribution is 6.30. The van der Waals surface area contributed by atoms with Crippen molar-refractivity contribution in [2.24, 2.45) is 5.41 Å². The van der Waals surface area contributed by atoms with Crippen LogP contribution in [-0.2, 0) is 0 Å². The molecule has 166 valence electrons. The van der Waals surface area contributed by atoms with Crippen LogP contribution in [0.25, 0.3) is 6.08 Å². The Morgan fingerprint density at radius 3 is 2.38 bits per heavy atom. The number of nitriles is 2. The number of carbonyl (C=O) groups excluding carboxylic acids is 1. The summed E-state index contributed by atoms with van der Waals surface area (Å²) in [6.45, 7) is 0. The Morgan fingerprint density at radius 1 is 1.00 bits per heavy atom. The fourth-order valence-electron chi connectivity index (χ4n) is 5.29. The van der Waals surface area contributed by atoms with E-state index in [2.05, 4.69) is 12.1 Å². The molecule has 34 heavy (non-hydrogen) atoms. The van der Waals surface area contributed by atoms with E-state index in [0.717, 1.165) is 11.3 Å². The minimum Gasteiger partial charge on any atom is -0.496 e. The summed E-state index contributed by atoms with van der Waals surface area (Å²) in [5.41, 5.74) is 1.34. The fraction of sp³-hybridized carbons (Fsp3) is 0.179. The first kappa shape index (κ1) is 21.8. The molecule has 0 radical (unpaired) electrons. The molecule has 0 aliphatic carbocycles. The first-order valence-electron chi connectivity index (χ1n) is 10.9. The lowest BCUT2D eigenvalue weighted by molar-refractivity contribution is 0.0950. The second-order valence-electron chi connectivity index (χ2n) is 8.40. The molecule has 1 fully saturated rings. The van der Waals surface area contributed by atoms with Gasteiger partial charge in [-0.3, -0.25) is 4.79 Å². The van der Waals surface area contributed by atoms with E-state index in [0.29, 0.717) is 21.9 Å². The number of Topliss-reactive ketones (excluding diaryl/α,β-unsaturated/α-hetero) is 1. The molecule has 3 aromatic carbocycles. The lowest BCUT2D eigenvalue weighted by atomic mass is 9.69. The van der Waals surface area contributed by atoms with Gasteiger partial charge in [-0.15, -0.1) is 0 Å². The van der Waals surface area contributed by atoms with E-state index >= 15 is 0 Å². The maximum atomic E-state index is 14.2. The SMILES string of the molecule is COc1ccccc1[C@H]1[C@H](C(=O)c2ccc(Cl)cc2)N2c3ccccc3C=C[C@@H]2C1(C#N)C#N. The van der Waals surface area contributed by atoms with Crippen molar-refractivity contribution in [3.63, 3.8) is 0 Å². The zero-order valence-corrected chi connectivity index (χ0v) is 19.1. The standard InChI is InChI=1S/C28H20ClN3O2/c1-34-23-9-5-3-7-21(23)25-26(27(33)19-10-13-20(29)14-11-19)32-22-8-4-2-6-18(22)12-15-24(32)28(25,16-30)17-31/h2-15,24-26H,1H3/t24-,25+,26-/m1/s1. The number of para-hydroxylation sites is 2. The lowest BCUT2D eigenvalue weighted by Crippen LogP contribution is -2.44. The molecule has 5 rings (SSSR count). The van der Waals surface area contributed by atoms with E-state index < -0.39 is 23.4 Å². The number of hydrogen-bond acceptors (Lipinski definition) is 5. The van der Waals surface area contributed by atoms with Gasteiger partial charge in [0.05, 0.1) is 25.3 Å². The molecular weight excluding hydrogens is 446 g/mol. The number of ether oxygens (including phenoxy) is 1. The van der Waals surface area contributed by atoms with Gasteiger partial charge in [-0.05, 0) is 42.0 Å². The molecule has 0 unspecified atom stereocenters. The van der Waals surface area contributed by atoms with Crippen LogP contribution in [0.15, 0.2) is 78.9 Å². The molecule has 0 spiro atoms. The van der Waals surface area contributed by atoms with Gasteiger partial charge in [-0.1, -0.05) is 60.2 Å². The molecule has 0 bridgehead atoms. The number of methoxy groups -OCH3 is 1. The predicted octanol–water partition coefficient (Wildman–Crippen LogP) is 5.63. The van der Waals surface area contributed by atoms with Crippen LogP contribution in [0, 0.1) is 28.1 Å². The van der Waals surface area contributed by atoms with Crippen LogP contribution >= 0.6 is 11.6 Å². The molecule has 3 aromatic rings. The summed E-state index contributed by atoms with van der Waals surface area (Å²) < 4.78 is 5.63. The minimum absolute atomic E-state index is 0.185. The van der Waals surface area contributed by atoms with Gasteiger partial charge >= 0.3 is 0 Å².